The van der Waals surface area contributed by atoms with Crippen molar-refractivity contribution in [3.05, 3.63) is 87.4 Å². The molecule has 4 rings (SSSR count). The first kappa shape index (κ1) is 20.8. The molecule has 152 valence electrons. The van der Waals surface area contributed by atoms with E-state index in [4.69, 9.17) is 21.3 Å². The third-order valence-electron chi connectivity index (χ3n) is 4.48. The van der Waals surface area contributed by atoms with E-state index < -0.39 is 0 Å². The average molecular weight is 502 g/mol. The molecular weight excluding hydrogens is 484 g/mol. The predicted octanol–water partition coefficient (Wildman–Crippen LogP) is 6.96. The van der Waals surface area contributed by atoms with Gasteiger partial charge in [-0.15, -0.1) is 0 Å². The number of amides is 1. The summed E-state index contributed by atoms with van der Waals surface area (Å²) in [5.74, 6) is 0.588. The molecular formula is C23H18BrClN2O2S. The number of fused-ring (bicyclic) bond motifs is 1. The summed E-state index contributed by atoms with van der Waals surface area (Å²) < 4.78 is 7.35. The van der Waals surface area contributed by atoms with Crippen molar-refractivity contribution in [1.82, 2.24) is 4.98 Å². The third kappa shape index (κ3) is 4.51. The lowest BCUT2D eigenvalue weighted by atomic mass is 10.1. The van der Waals surface area contributed by atoms with Gasteiger partial charge in [0.2, 0.25) is 0 Å². The van der Waals surface area contributed by atoms with E-state index in [1.807, 2.05) is 61.5 Å². The van der Waals surface area contributed by atoms with Crippen molar-refractivity contribution < 1.29 is 9.53 Å². The smallest absolute Gasteiger partial charge is 0.261 e. The Labute approximate surface area is 192 Å². The number of thiazole rings is 1. The van der Waals surface area contributed by atoms with E-state index in [0.717, 1.165) is 26.0 Å². The molecule has 1 aromatic heterocycles. The number of hydrogen-bond acceptors (Lipinski definition) is 4. The molecule has 30 heavy (non-hydrogen) atoms. The highest BCUT2D eigenvalue weighted by molar-refractivity contribution is 9.10. The van der Waals surface area contributed by atoms with Crippen LogP contribution in [0, 0.1) is 0 Å². The van der Waals surface area contributed by atoms with Crippen LogP contribution >= 0.6 is 38.9 Å². The standard InChI is InChI=1S/C23H18BrClN2O2S/c1-2-29-17-9-11-20-21(13-17)30-23(26-20)27(14-15-6-4-3-5-7-15)22(28)18-12-16(24)8-10-19(18)25/h3-13H,2,14H2,1H3. The van der Waals surface area contributed by atoms with Crippen LogP contribution in [0.15, 0.2) is 71.2 Å². The van der Waals surface area contributed by atoms with Crippen LogP contribution in [0.4, 0.5) is 5.13 Å². The van der Waals surface area contributed by atoms with Crippen LogP contribution in [0.25, 0.3) is 10.2 Å². The predicted molar refractivity (Wildman–Crippen MR) is 127 cm³/mol. The van der Waals surface area contributed by atoms with Gasteiger partial charge in [-0.2, -0.15) is 0 Å². The van der Waals surface area contributed by atoms with Crippen molar-refractivity contribution in [2.24, 2.45) is 0 Å². The van der Waals surface area contributed by atoms with E-state index in [9.17, 15) is 4.79 Å². The monoisotopic (exact) mass is 500 g/mol. The summed E-state index contributed by atoms with van der Waals surface area (Å²) in [7, 11) is 0. The summed E-state index contributed by atoms with van der Waals surface area (Å²) in [5, 5.41) is 1.02. The lowest BCUT2D eigenvalue weighted by molar-refractivity contribution is 0.0985. The molecule has 1 heterocycles. The van der Waals surface area contributed by atoms with Crippen LogP contribution in [0.5, 0.6) is 5.75 Å². The highest BCUT2D eigenvalue weighted by atomic mass is 79.9. The van der Waals surface area contributed by atoms with Crippen molar-refractivity contribution in [2.45, 2.75) is 13.5 Å². The van der Waals surface area contributed by atoms with Crippen molar-refractivity contribution in [3.8, 4) is 5.75 Å². The van der Waals surface area contributed by atoms with E-state index in [0.29, 0.717) is 28.9 Å². The molecule has 0 aliphatic rings. The Morgan fingerprint density at radius 1 is 1.13 bits per heavy atom. The Bertz CT molecular complexity index is 1200. The van der Waals surface area contributed by atoms with Gasteiger partial charge in [-0.1, -0.05) is 69.2 Å². The Morgan fingerprint density at radius 3 is 2.70 bits per heavy atom. The summed E-state index contributed by atoms with van der Waals surface area (Å²) in [4.78, 5) is 19.9. The zero-order valence-corrected chi connectivity index (χ0v) is 19.3. The number of anilines is 1. The molecule has 0 radical (unpaired) electrons. The van der Waals surface area contributed by atoms with Crippen LogP contribution in [0.1, 0.15) is 22.8 Å². The van der Waals surface area contributed by atoms with E-state index in [-0.39, 0.29) is 5.91 Å². The molecule has 0 unspecified atom stereocenters. The number of carbonyl (C=O) groups excluding carboxylic acids is 1. The molecule has 0 bridgehead atoms. The lowest BCUT2D eigenvalue weighted by Crippen LogP contribution is -2.30. The summed E-state index contributed by atoms with van der Waals surface area (Å²) in [6.45, 7) is 2.93. The molecule has 0 saturated carbocycles. The average Bonchev–Trinajstić information content (AvgIpc) is 3.17. The zero-order chi connectivity index (χ0) is 21.1. The third-order valence-corrected chi connectivity index (χ3v) is 6.34. The number of rotatable bonds is 6. The molecule has 4 aromatic rings. The quantitative estimate of drug-likeness (QED) is 0.287. The van der Waals surface area contributed by atoms with Crippen LogP contribution in [-0.4, -0.2) is 17.5 Å². The number of aromatic nitrogens is 1. The first-order valence-corrected chi connectivity index (χ1v) is 11.4. The van der Waals surface area contributed by atoms with E-state index in [2.05, 4.69) is 15.9 Å². The Kier molecular flexibility index (Phi) is 6.37. The van der Waals surface area contributed by atoms with Gasteiger partial charge < -0.3 is 4.74 Å². The van der Waals surface area contributed by atoms with Gasteiger partial charge in [0.15, 0.2) is 5.13 Å². The number of benzene rings is 3. The van der Waals surface area contributed by atoms with Gasteiger partial charge in [0.1, 0.15) is 5.75 Å². The van der Waals surface area contributed by atoms with Crippen molar-refractivity contribution >= 4 is 60.1 Å². The minimum absolute atomic E-state index is 0.200. The second-order valence-corrected chi connectivity index (χ2v) is 8.89. The van der Waals surface area contributed by atoms with Gasteiger partial charge in [0.25, 0.3) is 5.91 Å². The van der Waals surface area contributed by atoms with Gasteiger partial charge in [-0.3, -0.25) is 9.69 Å². The topological polar surface area (TPSA) is 42.4 Å². The first-order valence-electron chi connectivity index (χ1n) is 9.39. The number of carbonyl (C=O) groups is 1. The van der Waals surface area contributed by atoms with E-state index in [1.165, 1.54) is 11.3 Å². The molecule has 0 saturated heterocycles. The normalized spacial score (nSPS) is 10.9. The fraction of sp³-hybridized carbons (Fsp3) is 0.130. The minimum Gasteiger partial charge on any atom is -0.494 e. The molecule has 0 fully saturated rings. The van der Waals surface area contributed by atoms with Crippen LogP contribution < -0.4 is 9.64 Å². The van der Waals surface area contributed by atoms with Crippen molar-refractivity contribution in [3.63, 3.8) is 0 Å². The van der Waals surface area contributed by atoms with Crippen molar-refractivity contribution in [2.75, 3.05) is 11.5 Å². The molecule has 0 spiro atoms. The Hall–Kier alpha value is -2.41. The van der Waals surface area contributed by atoms with Gasteiger partial charge >= 0.3 is 0 Å². The fourth-order valence-corrected chi connectivity index (χ4v) is 4.61. The molecule has 0 atom stereocenters. The molecule has 0 N–H and O–H groups in total. The lowest BCUT2D eigenvalue weighted by Gasteiger charge is -2.21. The van der Waals surface area contributed by atoms with Gasteiger partial charge in [0.05, 0.1) is 34.0 Å². The summed E-state index contributed by atoms with van der Waals surface area (Å²) >= 11 is 11.2. The largest absolute Gasteiger partial charge is 0.494 e. The van der Waals surface area contributed by atoms with Gasteiger partial charge in [-0.05, 0) is 48.9 Å². The molecule has 0 aliphatic carbocycles. The fourth-order valence-electron chi connectivity index (χ4n) is 3.06. The maximum atomic E-state index is 13.5. The molecule has 4 nitrogen and oxygen atoms in total. The van der Waals surface area contributed by atoms with Crippen LogP contribution in [0.3, 0.4) is 0 Å². The van der Waals surface area contributed by atoms with E-state index >= 15 is 0 Å². The Morgan fingerprint density at radius 2 is 1.93 bits per heavy atom. The van der Waals surface area contributed by atoms with Gasteiger partial charge in [0, 0.05) is 4.47 Å². The molecule has 7 heteroatoms. The summed E-state index contributed by atoms with van der Waals surface area (Å²) in [5.41, 5.74) is 2.26. The van der Waals surface area contributed by atoms with Crippen LogP contribution in [-0.2, 0) is 6.54 Å². The number of halogens is 2. The van der Waals surface area contributed by atoms with Crippen molar-refractivity contribution in [1.29, 1.82) is 0 Å². The molecule has 0 aliphatic heterocycles. The second kappa shape index (κ2) is 9.16. The number of nitrogens with zero attached hydrogens (tertiary/aromatic N) is 2. The molecule has 3 aromatic carbocycles. The molecule has 1 amide bonds. The SMILES string of the molecule is CCOc1ccc2nc(N(Cc3ccccc3)C(=O)c3cc(Br)ccc3Cl)sc2c1. The highest BCUT2D eigenvalue weighted by Crippen LogP contribution is 2.34. The maximum absolute atomic E-state index is 13.5. The number of ether oxygens (including phenoxy) is 1. The van der Waals surface area contributed by atoms with E-state index in [1.54, 1.807) is 17.0 Å². The Balaban J connectivity index is 1.77. The van der Waals surface area contributed by atoms with Crippen LogP contribution in [0.2, 0.25) is 5.02 Å². The summed E-state index contributed by atoms with van der Waals surface area (Å²) in [6.07, 6.45) is 0. The second-order valence-electron chi connectivity index (χ2n) is 6.56. The summed E-state index contributed by atoms with van der Waals surface area (Å²) in [6, 6.07) is 20.9. The minimum atomic E-state index is -0.200. The zero-order valence-electron chi connectivity index (χ0n) is 16.1. The maximum Gasteiger partial charge on any atom is 0.261 e. The van der Waals surface area contributed by atoms with Gasteiger partial charge in [-0.25, -0.2) is 4.98 Å². The first-order chi connectivity index (χ1) is 14.5. The highest BCUT2D eigenvalue weighted by Gasteiger charge is 2.24. The number of hydrogen-bond donors (Lipinski definition) is 0.